The second kappa shape index (κ2) is 8.91. The summed E-state index contributed by atoms with van der Waals surface area (Å²) < 4.78 is 11.3. The SMILES string of the molecule is C=CC1(C)CCC2=C(C1)C(=O)CC1C(C)(COC3OC(CO)C(O)C(O)C3O)C(=O)CCC21C. The molecular weight excluding hydrogens is 440 g/mol. The molecule has 0 amide bonds. The Bertz CT molecular complexity index is 895. The van der Waals surface area contributed by atoms with Crippen molar-refractivity contribution in [3.05, 3.63) is 23.8 Å². The number of aliphatic hydroxyl groups excluding tert-OH is 4. The van der Waals surface area contributed by atoms with Crippen LogP contribution in [0.5, 0.6) is 0 Å². The number of rotatable bonds is 5. The Labute approximate surface area is 200 Å². The van der Waals surface area contributed by atoms with E-state index >= 15 is 0 Å². The highest BCUT2D eigenvalue weighted by Crippen LogP contribution is 2.61. The van der Waals surface area contributed by atoms with Gasteiger partial charge in [0, 0.05) is 12.8 Å². The fourth-order valence-corrected chi connectivity index (χ4v) is 6.72. The van der Waals surface area contributed by atoms with Crippen molar-refractivity contribution in [2.75, 3.05) is 13.2 Å². The van der Waals surface area contributed by atoms with E-state index in [1.54, 1.807) is 0 Å². The smallest absolute Gasteiger partial charge is 0.186 e. The molecule has 34 heavy (non-hydrogen) atoms. The Balaban J connectivity index is 1.60. The Morgan fingerprint density at radius 3 is 2.44 bits per heavy atom. The molecule has 4 aliphatic rings. The zero-order valence-corrected chi connectivity index (χ0v) is 20.3. The number of hydrogen-bond donors (Lipinski definition) is 4. The van der Waals surface area contributed by atoms with Crippen LogP contribution in [0.2, 0.25) is 0 Å². The average Bonchev–Trinajstić information content (AvgIpc) is 2.82. The van der Waals surface area contributed by atoms with Gasteiger partial charge >= 0.3 is 0 Å². The van der Waals surface area contributed by atoms with Crippen molar-refractivity contribution in [1.82, 2.24) is 0 Å². The zero-order valence-electron chi connectivity index (χ0n) is 20.3. The number of carbonyl (C=O) groups excluding carboxylic acids is 2. The van der Waals surface area contributed by atoms with Crippen LogP contribution in [0.1, 0.15) is 59.3 Å². The Hall–Kier alpha value is -1.42. The molecule has 1 aliphatic heterocycles. The van der Waals surface area contributed by atoms with E-state index in [0.717, 1.165) is 18.4 Å². The maximum atomic E-state index is 13.3. The topological polar surface area (TPSA) is 134 Å². The van der Waals surface area contributed by atoms with E-state index < -0.39 is 42.7 Å². The van der Waals surface area contributed by atoms with Gasteiger partial charge in [0.2, 0.25) is 0 Å². The van der Waals surface area contributed by atoms with Gasteiger partial charge in [-0.3, -0.25) is 9.59 Å². The van der Waals surface area contributed by atoms with Crippen LogP contribution in [-0.4, -0.2) is 75.9 Å². The first-order valence-corrected chi connectivity index (χ1v) is 12.2. The summed E-state index contributed by atoms with van der Waals surface area (Å²) in [6, 6.07) is 0. The van der Waals surface area contributed by atoms with Gasteiger partial charge in [0.1, 0.15) is 30.2 Å². The standard InChI is InChI=1S/C26H38O8/c1-5-24(2)8-6-15-14(11-24)16(28)10-18-25(15,3)9-7-19(29)26(18,4)13-33-23-22(32)21(31)20(30)17(12-27)34-23/h5,17-18,20-23,27,30-32H,1,6-13H2,2-4H3. The summed E-state index contributed by atoms with van der Waals surface area (Å²) in [6.45, 7) is 9.42. The van der Waals surface area contributed by atoms with Crippen LogP contribution in [0.3, 0.4) is 0 Å². The Morgan fingerprint density at radius 1 is 1.09 bits per heavy atom. The zero-order chi connectivity index (χ0) is 25.1. The van der Waals surface area contributed by atoms with E-state index in [2.05, 4.69) is 20.4 Å². The fourth-order valence-electron chi connectivity index (χ4n) is 6.72. The molecule has 1 heterocycles. The molecule has 9 unspecified atom stereocenters. The van der Waals surface area contributed by atoms with Crippen molar-refractivity contribution < 1.29 is 39.5 Å². The second-order valence-electron chi connectivity index (χ2n) is 11.4. The number of Topliss-reactive ketones (excluding diaryl/α,β-unsaturated/α-hetero) is 2. The van der Waals surface area contributed by atoms with E-state index in [1.807, 2.05) is 13.0 Å². The number of allylic oxidation sites excluding steroid dienone is 3. The molecule has 4 N–H and O–H groups in total. The molecule has 8 nitrogen and oxygen atoms in total. The van der Waals surface area contributed by atoms with Crippen molar-refractivity contribution in [3.63, 3.8) is 0 Å². The van der Waals surface area contributed by atoms with Gasteiger partial charge in [-0.2, -0.15) is 0 Å². The average molecular weight is 479 g/mol. The van der Waals surface area contributed by atoms with E-state index in [4.69, 9.17) is 9.47 Å². The van der Waals surface area contributed by atoms with Gasteiger partial charge in [-0.1, -0.05) is 32.4 Å². The summed E-state index contributed by atoms with van der Waals surface area (Å²) in [5.41, 5.74) is 0.669. The van der Waals surface area contributed by atoms with Crippen molar-refractivity contribution in [1.29, 1.82) is 0 Å². The Morgan fingerprint density at radius 2 is 1.79 bits per heavy atom. The van der Waals surface area contributed by atoms with Gasteiger partial charge in [-0.05, 0) is 48.0 Å². The van der Waals surface area contributed by atoms with Crippen molar-refractivity contribution in [3.8, 4) is 0 Å². The molecule has 8 heteroatoms. The van der Waals surface area contributed by atoms with Crippen LogP contribution >= 0.6 is 0 Å². The van der Waals surface area contributed by atoms with Crippen LogP contribution < -0.4 is 0 Å². The van der Waals surface area contributed by atoms with E-state index in [0.29, 0.717) is 19.3 Å². The van der Waals surface area contributed by atoms with Crippen molar-refractivity contribution in [2.45, 2.75) is 90.0 Å². The minimum Gasteiger partial charge on any atom is -0.394 e. The Kier molecular flexibility index (Phi) is 6.72. The first kappa shape index (κ1) is 25.7. The highest BCUT2D eigenvalue weighted by Gasteiger charge is 2.59. The highest BCUT2D eigenvalue weighted by molar-refractivity contribution is 5.99. The summed E-state index contributed by atoms with van der Waals surface area (Å²) in [6.07, 6.45) is -1.34. The number of ketones is 2. The highest BCUT2D eigenvalue weighted by atomic mass is 16.7. The molecule has 0 radical (unpaired) electrons. The van der Waals surface area contributed by atoms with Crippen LogP contribution in [0, 0.1) is 22.2 Å². The third kappa shape index (κ3) is 3.92. The molecule has 0 bridgehead atoms. The summed E-state index contributed by atoms with van der Waals surface area (Å²) in [5.74, 6) is -0.173. The minimum absolute atomic E-state index is 0.00292. The number of hydrogen-bond acceptors (Lipinski definition) is 8. The molecular formula is C26H38O8. The monoisotopic (exact) mass is 478 g/mol. The first-order chi connectivity index (χ1) is 15.9. The fraction of sp³-hybridized carbons (Fsp3) is 0.769. The number of fused-ring (bicyclic) bond motifs is 2. The molecule has 0 aromatic carbocycles. The van der Waals surface area contributed by atoms with Gasteiger partial charge in [0.25, 0.3) is 0 Å². The molecule has 2 fully saturated rings. The first-order valence-electron chi connectivity index (χ1n) is 12.2. The maximum absolute atomic E-state index is 13.3. The van der Waals surface area contributed by atoms with E-state index in [1.165, 1.54) is 5.57 Å². The van der Waals surface area contributed by atoms with E-state index in [-0.39, 0.29) is 41.3 Å². The predicted molar refractivity (Wildman–Crippen MR) is 122 cm³/mol. The van der Waals surface area contributed by atoms with Gasteiger partial charge in [-0.25, -0.2) is 0 Å². The lowest BCUT2D eigenvalue weighted by Crippen LogP contribution is -2.60. The molecule has 0 spiro atoms. The third-order valence-corrected chi connectivity index (χ3v) is 9.24. The van der Waals surface area contributed by atoms with Crippen LogP contribution in [0.15, 0.2) is 23.8 Å². The number of ether oxygens (including phenoxy) is 2. The van der Waals surface area contributed by atoms with Gasteiger partial charge < -0.3 is 29.9 Å². The molecule has 1 saturated heterocycles. The molecule has 4 rings (SSSR count). The lowest BCUT2D eigenvalue weighted by Gasteiger charge is -2.56. The van der Waals surface area contributed by atoms with Gasteiger partial charge in [0.15, 0.2) is 12.1 Å². The molecule has 190 valence electrons. The third-order valence-electron chi connectivity index (χ3n) is 9.24. The predicted octanol–water partition coefficient (Wildman–Crippen LogP) is 1.44. The lowest BCUT2D eigenvalue weighted by atomic mass is 9.47. The van der Waals surface area contributed by atoms with Crippen molar-refractivity contribution in [2.24, 2.45) is 22.2 Å². The number of aliphatic hydroxyl groups is 4. The van der Waals surface area contributed by atoms with Crippen LogP contribution in [0.4, 0.5) is 0 Å². The van der Waals surface area contributed by atoms with Crippen molar-refractivity contribution >= 4 is 11.6 Å². The summed E-state index contributed by atoms with van der Waals surface area (Å²) >= 11 is 0. The number of carbonyl (C=O) groups is 2. The summed E-state index contributed by atoms with van der Waals surface area (Å²) in [5, 5.41) is 39.9. The molecule has 0 aromatic heterocycles. The normalized spacial score (nSPS) is 47.3. The molecule has 3 aliphatic carbocycles. The lowest BCUT2D eigenvalue weighted by molar-refractivity contribution is -0.307. The molecule has 9 atom stereocenters. The summed E-state index contributed by atoms with van der Waals surface area (Å²) in [7, 11) is 0. The van der Waals surface area contributed by atoms with Gasteiger partial charge in [-0.15, -0.1) is 6.58 Å². The van der Waals surface area contributed by atoms with E-state index in [9.17, 15) is 30.0 Å². The quantitative estimate of drug-likeness (QED) is 0.436. The molecule has 1 saturated carbocycles. The summed E-state index contributed by atoms with van der Waals surface area (Å²) in [4.78, 5) is 26.6. The maximum Gasteiger partial charge on any atom is 0.186 e. The second-order valence-corrected chi connectivity index (χ2v) is 11.4. The minimum atomic E-state index is -1.55. The largest absolute Gasteiger partial charge is 0.394 e. The van der Waals surface area contributed by atoms with Crippen LogP contribution in [-0.2, 0) is 19.1 Å². The van der Waals surface area contributed by atoms with Gasteiger partial charge in [0.05, 0.1) is 18.6 Å². The van der Waals surface area contributed by atoms with Crippen LogP contribution in [0.25, 0.3) is 0 Å². The molecule has 0 aromatic rings.